The molecule has 86 valence electrons. The fraction of sp³-hybridized carbons (Fsp3) is 0.417. The van der Waals surface area contributed by atoms with Crippen LogP contribution in [0.1, 0.15) is 19.8 Å². The Labute approximate surface area is 109 Å². The van der Waals surface area contributed by atoms with E-state index in [0.717, 1.165) is 22.2 Å². The van der Waals surface area contributed by atoms with Crippen molar-refractivity contribution in [2.75, 3.05) is 0 Å². The van der Waals surface area contributed by atoms with Crippen molar-refractivity contribution in [2.45, 2.75) is 31.9 Å². The normalized spacial score (nSPS) is 16.6. The lowest BCUT2D eigenvalue weighted by Gasteiger charge is -2.14. The van der Waals surface area contributed by atoms with Gasteiger partial charge in [-0.3, -0.25) is 4.79 Å². The van der Waals surface area contributed by atoms with Crippen molar-refractivity contribution < 1.29 is 9.53 Å². The van der Waals surface area contributed by atoms with Gasteiger partial charge in [-0.25, -0.2) is 0 Å². The Hall–Kier alpha value is -0.780. The Morgan fingerprint density at radius 2 is 2.31 bits per heavy atom. The summed E-state index contributed by atoms with van der Waals surface area (Å²) in [6.07, 6.45) is 1.77. The second-order valence-corrected chi connectivity index (χ2v) is 5.25. The number of benzene rings is 1. The third-order valence-electron chi connectivity index (χ3n) is 2.40. The fourth-order valence-corrected chi connectivity index (χ4v) is 1.86. The molecule has 1 saturated carbocycles. The number of amides is 1. The van der Waals surface area contributed by atoms with Crippen LogP contribution < -0.4 is 10.1 Å². The van der Waals surface area contributed by atoms with Crippen LogP contribution in [0.15, 0.2) is 24.3 Å². The SMILES string of the molecule is CC(Oc1cccc(I)c1)C(=O)NC1CC1. The monoisotopic (exact) mass is 331 g/mol. The number of carbonyl (C=O) groups is 1. The number of ether oxygens (including phenoxy) is 1. The van der Waals surface area contributed by atoms with Gasteiger partial charge in [0.2, 0.25) is 0 Å². The number of nitrogens with one attached hydrogen (secondary N) is 1. The van der Waals surface area contributed by atoms with Gasteiger partial charge in [-0.15, -0.1) is 0 Å². The Morgan fingerprint density at radius 3 is 2.94 bits per heavy atom. The molecule has 4 heteroatoms. The number of hydrogen-bond donors (Lipinski definition) is 1. The second-order valence-electron chi connectivity index (χ2n) is 4.00. The van der Waals surface area contributed by atoms with Gasteiger partial charge in [0.15, 0.2) is 6.10 Å². The minimum Gasteiger partial charge on any atom is -0.481 e. The summed E-state index contributed by atoms with van der Waals surface area (Å²) in [5, 5.41) is 2.92. The molecule has 1 aliphatic rings. The van der Waals surface area contributed by atoms with E-state index >= 15 is 0 Å². The van der Waals surface area contributed by atoms with Gasteiger partial charge in [0.1, 0.15) is 5.75 Å². The van der Waals surface area contributed by atoms with Crippen molar-refractivity contribution in [3.63, 3.8) is 0 Å². The third-order valence-corrected chi connectivity index (χ3v) is 3.07. The molecule has 0 heterocycles. The lowest BCUT2D eigenvalue weighted by Crippen LogP contribution is -2.37. The van der Waals surface area contributed by atoms with Crippen LogP contribution in [0.2, 0.25) is 0 Å². The van der Waals surface area contributed by atoms with Gasteiger partial charge in [-0.05, 0) is 60.6 Å². The predicted octanol–water partition coefficient (Wildman–Crippen LogP) is 2.34. The lowest BCUT2D eigenvalue weighted by molar-refractivity contribution is -0.127. The molecule has 1 fully saturated rings. The number of halogens is 1. The van der Waals surface area contributed by atoms with E-state index in [1.54, 1.807) is 6.92 Å². The predicted molar refractivity (Wildman–Crippen MR) is 70.4 cm³/mol. The molecule has 1 aromatic carbocycles. The van der Waals surface area contributed by atoms with E-state index in [1.165, 1.54) is 0 Å². The largest absolute Gasteiger partial charge is 0.481 e. The van der Waals surface area contributed by atoms with Gasteiger partial charge in [-0.2, -0.15) is 0 Å². The molecule has 1 N–H and O–H groups in total. The zero-order valence-electron chi connectivity index (χ0n) is 9.07. The maximum absolute atomic E-state index is 11.6. The molecule has 0 aliphatic heterocycles. The Kier molecular flexibility index (Phi) is 3.68. The van der Waals surface area contributed by atoms with Gasteiger partial charge in [0.05, 0.1) is 0 Å². The van der Waals surface area contributed by atoms with E-state index < -0.39 is 6.10 Å². The number of hydrogen-bond acceptors (Lipinski definition) is 2. The Balaban J connectivity index is 1.90. The molecular weight excluding hydrogens is 317 g/mol. The van der Waals surface area contributed by atoms with Crippen LogP contribution >= 0.6 is 22.6 Å². The van der Waals surface area contributed by atoms with Crippen molar-refractivity contribution in [3.8, 4) is 5.75 Å². The van der Waals surface area contributed by atoms with Gasteiger partial charge in [0.25, 0.3) is 5.91 Å². The molecule has 3 nitrogen and oxygen atoms in total. The van der Waals surface area contributed by atoms with Crippen molar-refractivity contribution in [1.29, 1.82) is 0 Å². The standard InChI is InChI=1S/C12H14INO2/c1-8(12(15)14-10-5-6-10)16-11-4-2-3-9(13)7-11/h2-4,7-8,10H,5-6H2,1H3,(H,14,15). The molecule has 16 heavy (non-hydrogen) atoms. The van der Waals surface area contributed by atoms with Crippen LogP contribution in [0.4, 0.5) is 0 Å². The zero-order chi connectivity index (χ0) is 11.5. The summed E-state index contributed by atoms with van der Waals surface area (Å²) >= 11 is 2.22. The molecule has 1 amide bonds. The van der Waals surface area contributed by atoms with Crippen molar-refractivity contribution >= 4 is 28.5 Å². The summed E-state index contributed by atoms with van der Waals surface area (Å²) in [6, 6.07) is 8.07. The minimum atomic E-state index is -0.432. The summed E-state index contributed by atoms with van der Waals surface area (Å²) < 4.78 is 6.67. The molecule has 1 aliphatic carbocycles. The van der Waals surface area contributed by atoms with E-state index in [4.69, 9.17) is 4.74 Å². The van der Waals surface area contributed by atoms with Gasteiger partial charge >= 0.3 is 0 Å². The summed E-state index contributed by atoms with van der Waals surface area (Å²) in [5.74, 6) is 0.715. The maximum Gasteiger partial charge on any atom is 0.260 e. The molecule has 2 rings (SSSR count). The van der Waals surface area contributed by atoms with E-state index in [0.29, 0.717) is 6.04 Å². The summed E-state index contributed by atoms with van der Waals surface area (Å²) in [5.41, 5.74) is 0. The highest BCUT2D eigenvalue weighted by atomic mass is 127. The summed E-state index contributed by atoms with van der Waals surface area (Å²) in [6.45, 7) is 1.78. The van der Waals surface area contributed by atoms with Crippen LogP contribution in [0.25, 0.3) is 0 Å². The number of carbonyl (C=O) groups excluding carboxylic acids is 1. The smallest absolute Gasteiger partial charge is 0.260 e. The minimum absolute atomic E-state index is 0.0265. The molecule has 1 unspecified atom stereocenters. The zero-order valence-corrected chi connectivity index (χ0v) is 11.2. The van der Waals surface area contributed by atoms with E-state index in [-0.39, 0.29) is 5.91 Å². The summed E-state index contributed by atoms with van der Waals surface area (Å²) in [7, 11) is 0. The van der Waals surface area contributed by atoms with Crippen LogP contribution in [0.5, 0.6) is 5.75 Å². The Morgan fingerprint density at radius 1 is 1.56 bits per heavy atom. The molecule has 1 atom stereocenters. The Bertz CT molecular complexity index is 390. The topological polar surface area (TPSA) is 38.3 Å². The molecule has 0 radical (unpaired) electrons. The second kappa shape index (κ2) is 5.03. The quantitative estimate of drug-likeness (QED) is 0.860. The first kappa shape index (κ1) is 11.7. The van der Waals surface area contributed by atoms with E-state index in [1.807, 2.05) is 24.3 Å². The van der Waals surface area contributed by atoms with E-state index in [9.17, 15) is 4.79 Å². The first-order valence-corrected chi connectivity index (χ1v) is 6.45. The van der Waals surface area contributed by atoms with Crippen molar-refractivity contribution in [2.24, 2.45) is 0 Å². The molecule has 0 aromatic heterocycles. The fourth-order valence-electron chi connectivity index (χ4n) is 1.34. The first-order valence-electron chi connectivity index (χ1n) is 5.38. The maximum atomic E-state index is 11.6. The van der Waals surface area contributed by atoms with Crippen molar-refractivity contribution in [1.82, 2.24) is 5.32 Å². The van der Waals surface area contributed by atoms with E-state index in [2.05, 4.69) is 27.9 Å². The van der Waals surface area contributed by atoms with Gasteiger partial charge < -0.3 is 10.1 Å². The van der Waals surface area contributed by atoms with Crippen LogP contribution in [-0.4, -0.2) is 18.1 Å². The molecule has 0 bridgehead atoms. The lowest BCUT2D eigenvalue weighted by atomic mass is 10.3. The average Bonchev–Trinajstić information content (AvgIpc) is 3.01. The first-order chi connectivity index (χ1) is 7.65. The molecule has 0 saturated heterocycles. The third kappa shape index (κ3) is 3.37. The average molecular weight is 331 g/mol. The van der Waals surface area contributed by atoms with Crippen molar-refractivity contribution in [3.05, 3.63) is 27.8 Å². The van der Waals surface area contributed by atoms with Crippen LogP contribution in [0, 0.1) is 3.57 Å². The summed E-state index contributed by atoms with van der Waals surface area (Å²) in [4.78, 5) is 11.6. The number of rotatable bonds is 4. The van der Waals surface area contributed by atoms with Gasteiger partial charge in [0, 0.05) is 9.61 Å². The molecule has 0 spiro atoms. The van der Waals surface area contributed by atoms with Gasteiger partial charge in [-0.1, -0.05) is 6.07 Å². The highest BCUT2D eigenvalue weighted by Crippen LogP contribution is 2.20. The highest BCUT2D eigenvalue weighted by molar-refractivity contribution is 14.1. The van der Waals surface area contributed by atoms with Crippen LogP contribution in [0.3, 0.4) is 0 Å². The molecule has 1 aromatic rings. The molecular formula is C12H14INO2. The van der Waals surface area contributed by atoms with Crippen LogP contribution in [-0.2, 0) is 4.79 Å². The highest BCUT2D eigenvalue weighted by Gasteiger charge is 2.26.